The highest BCUT2D eigenvalue weighted by Gasteiger charge is 2.34. The van der Waals surface area contributed by atoms with Gasteiger partial charge in [-0.05, 0) is 20.8 Å². The van der Waals surface area contributed by atoms with E-state index >= 15 is 0 Å². The Morgan fingerprint density at radius 1 is 1.62 bits per heavy atom. The van der Waals surface area contributed by atoms with Gasteiger partial charge in [0.2, 0.25) is 0 Å². The standard InChI is InChI=1S/C9H15N3O/c1-5(2)12-4-7-8(6(12)3)13-11-9(7)10/h5-6H,4H2,1-3H3,(H2,10,11). The number of nitrogen functional groups attached to an aromatic ring is 1. The minimum atomic E-state index is 0.305. The second kappa shape index (κ2) is 2.73. The van der Waals surface area contributed by atoms with Crippen molar-refractivity contribution in [2.45, 2.75) is 39.4 Å². The molecule has 0 bridgehead atoms. The van der Waals surface area contributed by atoms with Crippen molar-refractivity contribution in [3.05, 3.63) is 11.3 Å². The van der Waals surface area contributed by atoms with Gasteiger partial charge in [-0.15, -0.1) is 0 Å². The van der Waals surface area contributed by atoms with Crippen LogP contribution < -0.4 is 5.73 Å². The van der Waals surface area contributed by atoms with Crippen LogP contribution in [0.5, 0.6) is 0 Å². The Hall–Kier alpha value is -1.03. The van der Waals surface area contributed by atoms with Crippen molar-refractivity contribution in [1.82, 2.24) is 10.1 Å². The van der Waals surface area contributed by atoms with Gasteiger partial charge in [0.1, 0.15) is 0 Å². The first-order valence-electron chi connectivity index (χ1n) is 4.61. The van der Waals surface area contributed by atoms with Crippen molar-refractivity contribution in [2.24, 2.45) is 0 Å². The number of nitrogens with zero attached hydrogens (tertiary/aromatic N) is 2. The van der Waals surface area contributed by atoms with Gasteiger partial charge in [0.25, 0.3) is 0 Å². The Balaban J connectivity index is 2.33. The summed E-state index contributed by atoms with van der Waals surface area (Å²) in [7, 11) is 0. The van der Waals surface area contributed by atoms with Crippen molar-refractivity contribution in [1.29, 1.82) is 0 Å². The summed E-state index contributed by atoms with van der Waals surface area (Å²) >= 11 is 0. The Morgan fingerprint density at radius 3 is 2.85 bits per heavy atom. The maximum absolute atomic E-state index is 5.68. The van der Waals surface area contributed by atoms with E-state index in [2.05, 4.69) is 30.8 Å². The highest BCUT2D eigenvalue weighted by molar-refractivity contribution is 5.43. The van der Waals surface area contributed by atoms with Crippen LogP contribution in [-0.4, -0.2) is 16.1 Å². The average Bonchev–Trinajstić information content (AvgIpc) is 2.55. The number of fused-ring (bicyclic) bond motifs is 1. The molecule has 1 atom stereocenters. The lowest BCUT2D eigenvalue weighted by Crippen LogP contribution is -2.27. The van der Waals surface area contributed by atoms with Gasteiger partial charge >= 0.3 is 0 Å². The van der Waals surface area contributed by atoms with E-state index in [0.717, 1.165) is 17.9 Å². The Labute approximate surface area is 77.7 Å². The van der Waals surface area contributed by atoms with Crippen molar-refractivity contribution in [3.63, 3.8) is 0 Å². The van der Waals surface area contributed by atoms with E-state index in [1.165, 1.54) is 0 Å². The fourth-order valence-corrected chi connectivity index (χ4v) is 1.92. The van der Waals surface area contributed by atoms with Crippen LogP contribution in [0.4, 0.5) is 5.82 Å². The molecule has 0 aliphatic carbocycles. The Kier molecular flexibility index (Phi) is 1.80. The minimum absolute atomic E-state index is 0.305. The summed E-state index contributed by atoms with van der Waals surface area (Å²) in [6, 6.07) is 0.816. The smallest absolute Gasteiger partial charge is 0.171 e. The van der Waals surface area contributed by atoms with E-state index in [-0.39, 0.29) is 0 Å². The third-order valence-corrected chi connectivity index (χ3v) is 2.73. The lowest BCUT2D eigenvalue weighted by atomic mass is 10.2. The summed E-state index contributed by atoms with van der Waals surface area (Å²) in [5, 5.41) is 3.76. The fourth-order valence-electron chi connectivity index (χ4n) is 1.92. The fraction of sp³-hybridized carbons (Fsp3) is 0.667. The minimum Gasteiger partial charge on any atom is -0.381 e. The first-order chi connectivity index (χ1) is 6.11. The lowest BCUT2D eigenvalue weighted by Gasteiger charge is -2.24. The highest BCUT2D eigenvalue weighted by Crippen LogP contribution is 2.37. The number of hydrogen-bond acceptors (Lipinski definition) is 4. The van der Waals surface area contributed by atoms with Crippen LogP contribution in [0.2, 0.25) is 0 Å². The molecule has 1 aromatic rings. The summed E-state index contributed by atoms with van der Waals surface area (Å²) in [4.78, 5) is 2.34. The van der Waals surface area contributed by atoms with Gasteiger partial charge in [-0.3, -0.25) is 4.90 Å². The molecule has 2 rings (SSSR count). The largest absolute Gasteiger partial charge is 0.381 e. The number of anilines is 1. The van der Waals surface area contributed by atoms with Crippen molar-refractivity contribution in [3.8, 4) is 0 Å². The average molecular weight is 181 g/mol. The van der Waals surface area contributed by atoms with Crippen LogP contribution in [0.1, 0.15) is 38.1 Å². The molecule has 0 amide bonds. The predicted molar refractivity (Wildman–Crippen MR) is 50.0 cm³/mol. The van der Waals surface area contributed by atoms with Gasteiger partial charge < -0.3 is 10.3 Å². The molecule has 13 heavy (non-hydrogen) atoms. The van der Waals surface area contributed by atoms with Crippen molar-refractivity contribution >= 4 is 5.82 Å². The van der Waals surface area contributed by atoms with Gasteiger partial charge in [0.15, 0.2) is 11.6 Å². The first kappa shape index (κ1) is 8.56. The van der Waals surface area contributed by atoms with Crippen LogP contribution in [0.3, 0.4) is 0 Å². The molecule has 1 aliphatic heterocycles. The zero-order chi connectivity index (χ0) is 9.59. The molecule has 4 heteroatoms. The summed E-state index contributed by atoms with van der Waals surface area (Å²) in [6.07, 6.45) is 0. The van der Waals surface area contributed by atoms with Gasteiger partial charge in [-0.2, -0.15) is 0 Å². The summed E-state index contributed by atoms with van der Waals surface area (Å²) < 4.78 is 5.18. The molecule has 1 unspecified atom stereocenters. The van der Waals surface area contributed by atoms with E-state index in [4.69, 9.17) is 10.3 Å². The summed E-state index contributed by atoms with van der Waals surface area (Å²) in [6.45, 7) is 7.33. The topological polar surface area (TPSA) is 55.3 Å². The maximum Gasteiger partial charge on any atom is 0.171 e. The Bertz CT molecular complexity index is 319. The third-order valence-electron chi connectivity index (χ3n) is 2.73. The number of hydrogen-bond donors (Lipinski definition) is 1. The van der Waals surface area contributed by atoms with Crippen LogP contribution >= 0.6 is 0 Å². The number of aromatic nitrogens is 1. The second-order valence-corrected chi connectivity index (χ2v) is 3.85. The highest BCUT2D eigenvalue weighted by atomic mass is 16.5. The molecule has 1 aromatic heterocycles. The SMILES string of the molecule is CC(C)N1Cc2c(N)noc2C1C. The molecular weight excluding hydrogens is 166 g/mol. The van der Waals surface area contributed by atoms with Gasteiger partial charge in [0, 0.05) is 12.6 Å². The molecule has 2 N–H and O–H groups in total. The third kappa shape index (κ3) is 1.13. The predicted octanol–water partition coefficient (Wildman–Crippen LogP) is 1.54. The summed E-state index contributed by atoms with van der Waals surface area (Å²) in [5.74, 6) is 1.48. The van der Waals surface area contributed by atoms with Crippen molar-refractivity contribution in [2.75, 3.05) is 5.73 Å². The molecule has 0 spiro atoms. The van der Waals surface area contributed by atoms with Crippen LogP contribution in [0.25, 0.3) is 0 Å². The van der Waals surface area contributed by atoms with E-state index in [0.29, 0.717) is 17.9 Å². The van der Waals surface area contributed by atoms with Crippen LogP contribution in [0, 0.1) is 0 Å². The molecular formula is C9H15N3O. The molecule has 4 nitrogen and oxygen atoms in total. The van der Waals surface area contributed by atoms with E-state index in [1.807, 2.05) is 0 Å². The quantitative estimate of drug-likeness (QED) is 0.714. The molecule has 0 saturated carbocycles. The normalized spacial score (nSPS) is 22.6. The van der Waals surface area contributed by atoms with Gasteiger partial charge in [-0.1, -0.05) is 5.16 Å². The van der Waals surface area contributed by atoms with Crippen molar-refractivity contribution < 1.29 is 4.52 Å². The first-order valence-corrected chi connectivity index (χ1v) is 4.61. The van der Waals surface area contributed by atoms with E-state index in [9.17, 15) is 0 Å². The van der Waals surface area contributed by atoms with Crippen LogP contribution in [0.15, 0.2) is 4.52 Å². The molecule has 72 valence electrons. The lowest BCUT2D eigenvalue weighted by molar-refractivity contribution is 0.159. The second-order valence-electron chi connectivity index (χ2n) is 3.85. The monoisotopic (exact) mass is 181 g/mol. The molecule has 0 aromatic carbocycles. The van der Waals surface area contributed by atoms with E-state index < -0.39 is 0 Å². The molecule has 1 aliphatic rings. The molecule has 0 saturated heterocycles. The molecule has 2 heterocycles. The van der Waals surface area contributed by atoms with E-state index in [1.54, 1.807) is 0 Å². The maximum atomic E-state index is 5.68. The zero-order valence-electron chi connectivity index (χ0n) is 8.24. The summed E-state index contributed by atoms with van der Waals surface area (Å²) in [5.41, 5.74) is 6.76. The van der Waals surface area contributed by atoms with Gasteiger partial charge in [-0.25, -0.2) is 0 Å². The zero-order valence-corrected chi connectivity index (χ0v) is 8.24. The van der Waals surface area contributed by atoms with Crippen LogP contribution in [-0.2, 0) is 6.54 Å². The number of rotatable bonds is 1. The molecule has 0 radical (unpaired) electrons. The van der Waals surface area contributed by atoms with Gasteiger partial charge in [0.05, 0.1) is 11.6 Å². The Morgan fingerprint density at radius 2 is 2.31 bits per heavy atom. The molecule has 0 fully saturated rings. The number of nitrogens with two attached hydrogens (primary N) is 1.